The molecule has 2 heterocycles. The van der Waals surface area contributed by atoms with Crippen LogP contribution in [-0.4, -0.2) is 34.8 Å². The van der Waals surface area contributed by atoms with E-state index in [1.165, 1.54) is 5.56 Å². The summed E-state index contributed by atoms with van der Waals surface area (Å²) in [5.41, 5.74) is 2.64. The molecule has 0 unspecified atom stereocenters. The van der Waals surface area contributed by atoms with Crippen LogP contribution in [0.2, 0.25) is 0 Å². The van der Waals surface area contributed by atoms with Crippen LogP contribution in [0.15, 0.2) is 71.3 Å². The first-order valence-electron chi connectivity index (χ1n) is 8.79. The van der Waals surface area contributed by atoms with E-state index in [9.17, 15) is 4.79 Å². The first-order valence-corrected chi connectivity index (χ1v) is 9.84. The summed E-state index contributed by atoms with van der Waals surface area (Å²) in [6.45, 7) is 1.47. The minimum atomic E-state index is -0.0507. The Morgan fingerprint density at radius 1 is 1.04 bits per heavy atom. The number of amides is 1. The lowest BCUT2D eigenvalue weighted by Crippen LogP contribution is -2.33. The van der Waals surface area contributed by atoms with Crippen molar-refractivity contribution in [3.63, 3.8) is 0 Å². The fraction of sp³-hybridized carbons (Fsp3) is 0.238. The van der Waals surface area contributed by atoms with Crippen molar-refractivity contribution in [2.75, 3.05) is 18.8 Å². The third-order valence-corrected chi connectivity index (χ3v) is 5.92. The smallest absolute Gasteiger partial charge is 0.276 e. The normalized spacial score (nSPS) is 17.7. The van der Waals surface area contributed by atoms with Crippen LogP contribution in [0.25, 0.3) is 11.3 Å². The zero-order valence-electron chi connectivity index (χ0n) is 14.4. The van der Waals surface area contributed by atoms with Crippen LogP contribution < -0.4 is 0 Å². The molecular formula is C21H20N2O2S. The molecule has 2 aromatic carbocycles. The molecule has 1 saturated heterocycles. The number of rotatable bonds is 3. The standard InChI is InChI=1S/C21H20N2O2S/c24-21(18-15-19(25-22-18)16-7-3-1-4-8-16)23-12-11-20(26-14-13-23)17-9-5-2-6-10-17/h1-10,15,20H,11-14H2/t20-/m0/s1. The molecule has 26 heavy (non-hydrogen) atoms. The number of carbonyl (C=O) groups is 1. The Labute approximate surface area is 157 Å². The van der Waals surface area contributed by atoms with Gasteiger partial charge in [0.15, 0.2) is 11.5 Å². The van der Waals surface area contributed by atoms with E-state index in [1.807, 2.05) is 53.1 Å². The lowest BCUT2D eigenvalue weighted by atomic mass is 10.1. The van der Waals surface area contributed by atoms with E-state index >= 15 is 0 Å². The van der Waals surface area contributed by atoms with E-state index in [2.05, 4.69) is 29.4 Å². The highest BCUT2D eigenvalue weighted by atomic mass is 32.2. The van der Waals surface area contributed by atoms with Gasteiger partial charge in [0.05, 0.1) is 0 Å². The van der Waals surface area contributed by atoms with Crippen LogP contribution in [0.5, 0.6) is 0 Å². The fourth-order valence-corrected chi connectivity index (χ4v) is 4.42. The first kappa shape index (κ1) is 16.9. The fourth-order valence-electron chi connectivity index (χ4n) is 3.18. The molecule has 0 N–H and O–H groups in total. The summed E-state index contributed by atoms with van der Waals surface area (Å²) in [5, 5.41) is 4.44. The second kappa shape index (κ2) is 7.79. The average molecular weight is 364 g/mol. The largest absolute Gasteiger partial charge is 0.355 e. The molecule has 4 nitrogen and oxygen atoms in total. The Kier molecular flexibility index (Phi) is 5.07. The van der Waals surface area contributed by atoms with Gasteiger partial charge in [-0.3, -0.25) is 4.79 Å². The molecule has 1 aromatic heterocycles. The van der Waals surface area contributed by atoms with Crippen molar-refractivity contribution < 1.29 is 9.32 Å². The van der Waals surface area contributed by atoms with Crippen molar-refractivity contribution in [1.29, 1.82) is 0 Å². The molecule has 0 saturated carbocycles. The topological polar surface area (TPSA) is 46.3 Å². The second-order valence-corrected chi connectivity index (χ2v) is 7.60. The average Bonchev–Trinajstić information content (AvgIpc) is 3.07. The molecule has 1 amide bonds. The minimum absolute atomic E-state index is 0.0507. The van der Waals surface area contributed by atoms with Crippen molar-refractivity contribution in [3.8, 4) is 11.3 Å². The molecule has 3 aromatic rings. The molecule has 0 radical (unpaired) electrons. The Morgan fingerprint density at radius 2 is 1.77 bits per heavy atom. The monoisotopic (exact) mass is 364 g/mol. The summed E-state index contributed by atoms with van der Waals surface area (Å²) >= 11 is 1.92. The summed E-state index contributed by atoms with van der Waals surface area (Å²) in [7, 11) is 0. The van der Waals surface area contributed by atoms with Gasteiger partial charge < -0.3 is 9.42 Å². The predicted octanol–water partition coefficient (Wildman–Crippen LogP) is 4.66. The van der Waals surface area contributed by atoms with Gasteiger partial charge in [-0.1, -0.05) is 65.8 Å². The van der Waals surface area contributed by atoms with E-state index in [1.54, 1.807) is 6.07 Å². The second-order valence-electron chi connectivity index (χ2n) is 6.29. The van der Waals surface area contributed by atoms with Crippen LogP contribution in [0, 0.1) is 0 Å². The van der Waals surface area contributed by atoms with Crippen molar-refractivity contribution in [2.24, 2.45) is 0 Å². The van der Waals surface area contributed by atoms with Gasteiger partial charge in [0, 0.05) is 35.7 Å². The molecule has 0 aliphatic carbocycles. The lowest BCUT2D eigenvalue weighted by Gasteiger charge is -2.18. The van der Waals surface area contributed by atoms with Crippen LogP contribution in [0.4, 0.5) is 0 Å². The highest BCUT2D eigenvalue weighted by Gasteiger charge is 2.25. The molecule has 5 heteroatoms. The molecular weight excluding hydrogens is 344 g/mol. The lowest BCUT2D eigenvalue weighted by molar-refractivity contribution is 0.0756. The Morgan fingerprint density at radius 3 is 2.54 bits per heavy atom. The maximum Gasteiger partial charge on any atom is 0.276 e. The Balaban J connectivity index is 1.45. The summed E-state index contributed by atoms with van der Waals surface area (Å²) in [5.74, 6) is 1.50. The number of nitrogens with zero attached hydrogens (tertiary/aromatic N) is 2. The maximum atomic E-state index is 12.8. The van der Waals surface area contributed by atoms with Crippen molar-refractivity contribution in [1.82, 2.24) is 10.1 Å². The quantitative estimate of drug-likeness (QED) is 0.678. The summed E-state index contributed by atoms with van der Waals surface area (Å²) < 4.78 is 5.38. The molecule has 0 spiro atoms. The van der Waals surface area contributed by atoms with Gasteiger partial charge in [-0.15, -0.1) is 0 Å². The highest BCUT2D eigenvalue weighted by molar-refractivity contribution is 7.99. The number of hydrogen-bond acceptors (Lipinski definition) is 4. The Hall–Kier alpha value is -2.53. The minimum Gasteiger partial charge on any atom is -0.355 e. The van der Waals surface area contributed by atoms with Crippen LogP contribution in [0.1, 0.15) is 27.7 Å². The molecule has 132 valence electrons. The van der Waals surface area contributed by atoms with Gasteiger partial charge in [0.25, 0.3) is 5.91 Å². The molecule has 1 aliphatic heterocycles. The predicted molar refractivity (Wildman–Crippen MR) is 104 cm³/mol. The molecule has 1 atom stereocenters. The van der Waals surface area contributed by atoms with E-state index in [0.717, 1.165) is 30.8 Å². The van der Waals surface area contributed by atoms with Gasteiger partial charge in [0.2, 0.25) is 0 Å². The number of thioether (sulfide) groups is 1. The van der Waals surface area contributed by atoms with E-state index in [4.69, 9.17) is 4.52 Å². The third kappa shape index (κ3) is 3.68. The zero-order valence-corrected chi connectivity index (χ0v) is 15.2. The molecule has 0 bridgehead atoms. The SMILES string of the molecule is O=C(c1cc(-c2ccccc2)on1)N1CCS[C@H](c2ccccc2)CC1. The van der Waals surface area contributed by atoms with Crippen molar-refractivity contribution in [3.05, 3.63) is 78.0 Å². The molecule has 4 rings (SSSR count). The van der Waals surface area contributed by atoms with Crippen LogP contribution in [0.3, 0.4) is 0 Å². The summed E-state index contributed by atoms with van der Waals surface area (Å²) in [6.07, 6.45) is 0.948. The van der Waals surface area contributed by atoms with Gasteiger partial charge in [-0.2, -0.15) is 11.8 Å². The van der Waals surface area contributed by atoms with Gasteiger partial charge >= 0.3 is 0 Å². The van der Waals surface area contributed by atoms with Crippen LogP contribution >= 0.6 is 11.8 Å². The zero-order chi connectivity index (χ0) is 17.8. The Bertz CT molecular complexity index is 864. The number of benzene rings is 2. The summed E-state index contributed by atoms with van der Waals surface area (Å²) in [4.78, 5) is 14.7. The molecule has 1 fully saturated rings. The maximum absolute atomic E-state index is 12.8. The molecule has 1 aliphatic rings. The van der Waals surface area contributed by atoms with Crippen molar-refractivity contribution in [2.45, 2.75) is 11.7 Å². The third-order valence-electron chi connectivity index (χ3n) is 4.59. The van der Waals surface area contributed by atoms with E-state index in [0.29, 0.717) is 16.7 Å². The van der Waals surface area contributed by atoms with Gasteiger partial charge in [-0.05, 0) is 12.0 Å². The number of aromatic nitrogens is 1. The van der Waals surface area contributed by atoms with E-state index < -0.39 is 0 Å². The van der Waals surface area contributed by atoms with Crippen LogP contribution in [-0.2, 0) is 0 Å². The van der Waals surface area contributed by atoms with Gasteiger partial charge in [-0.25, -0.2) is 0 Å². The first-order chi connectivity index (χ1) is 12.8. The number of carbonyl (C=O) groups excluding carboxylic acids is 1. The number of hydrogen-bond donors (Lipinski definition) is 0. The van der Waals surface area contributed by atoms with Gasteiger partial charge in [0.1, 0.15) is 0 Å². The van der Waals surface area contributed by atoms with Crippen molar-refractivity contribution >= 4 is 17.7 Å². The highest BCUT2D eigenvalue weighted by Crippen LogP contribution is 2.34. The summed E-state index contributed by atoms with van der Waals surface area (Å²) in [6, 6.07) is 22.0. The van der Waals surface area contributed by atoms with E-state index in [-0.39, 0.29) is 5.91 Å².